The molecule has 0 saturated carbocycles. The molecule has 0 fully saturated rings. The van der Waals surface area contributed by atoms with Gasteiger partial charge in [-0.1, -0.05) is 13.3 Å². The molecule has 0 radical (unpaired) electrons. The molecular formula is C19H33O7PS. The molecular weight excluding hydrogens is 403 g/mol. The Kier molecular flexibility index (Phi) is 11.5. The summed E-state index contributed by atoms with van der Waals surface area (Å²) in [6.45, 7) is 8.11. The first-order valence-corrected chi connectivity index (χ1v) is 12.2. The van der Waals surface area contributed by atoms with E-state index in [1.54, 1.807) is 33.9 Å². The Morgan fingerprint density at radius 3 is 2.39 bits per heavy atom. The van der Waals surface area contributed by atoms with Crippen LogP contribution in [0.25, 0.3) is 0 Å². The van der Waals surface area contributed by atoms with Crippen LogP contribution in [0.1, 0.15) is 58.3 Å². The third-order valence-corrected chi connectivity index (χ3v) is 8.88. The fourth-order valence-corrected chi connectivity index (χ4v) is 7.40. The Hall–Kier alpha value is -0.790. The zero-order valence-corrected chi connectivity index (χ0v) is 19.2. The highest BCUT2D eigenvalue weighted by atomic mass is 32.2. The number of esters is 1. The molecule has 0 spiro atoms. The lowest BCUT2D eigenvalue weighted by Crippen LogP contribution is -2.30. The van der Waals surface area contributed by atoms with Gasteiger partial charge in [-0.15, -0.1) is 11.8 Å². The van der Waals surface area contributed by atoms with Gasteiger partial charge in [-0.25, -0.2) is 0 Å². The van der Waals surface area contributed by atoms with Crippen LogP contribution in [0.3, 0.4) is 0 Å². The largest absolute Gasteiger partial charge is 0.467 e. The number of carbonyl (C=O) groups is 1. The fourth-order valence-electron chi connectivity index (χ4n) is 2.86. The van der Waals surface area contributed by atoms with Gasteiger partial charge in [-0.2, -0.15) is 0 Å². The number of ether oxygens (including phenoxy) is 2. The summed E-state index contributed by atoms with van der Waals surface area (Å²) in [5.74, 6) is 0.712. The average molecular weight is 437 g/mol. The van der Waals surface area contributed by atoms with E-state index < -0.39 is 18.1 Å². The summed E-state index contributed by atoms with van der Waals surface area (Å²) in [6, 6.07) is 1.72. The van der Waals surface area contributed by atoms with Crippen LogP contribution in [-0.4, -0.2) is 38.7 Å². The van der Waals surface area contributed by atoms with Gasteiger partial charge in [-0.05, 0) is 39.0 Å². The predicted octanol–water partition coefficient (Wildman–Crippen LogP) is 5.33. The van der Waals surface area contributed by atoms with E-state index in [0.717, 1.165) is 12.8 Å². The van der Waals surface area contributed by atoms with Crippen molar-refractivity contribution in [2.24, 2.45) is 0 Å². The van der Waals surface area contributed by atoms with Crippen molar-refractivity contribution in [1.82, 2.24) is 0 Å². The first-order chi connectivity index (χ1) is 13.4. The molecule has 1 aromatic rings. The maximum atomic E-state index is 14.1. The molecule has 0 bridgehead atoms. The third-order valence-electron chi connectivity index (χ3n) is 4.01. The quantitative estimate of drug-likeness (QED) is 0.207. The average Bonchev–Trinajstić information content (AvgIpc) is 3.10. The highest BCUT2D eigenvalue weighted by Crippen LogP contribution is 2.72. The predicted molar refractivity (Wildman–Crippen MR) is 111 cm³/mol. The Morgan fingerprint density at radius 2 is 1.86 bits per heavy atom. The number of hydrogen-bond acceptors (Lipinski definition) is 8. The van der Waals surface area contributed by atoms with Crippen molar-refractivity contribution in [3.8, 4) is 0 Å². The van der Waals surface area contributed by atoms with Gasteiger partial charge >= 0.3 is 13.6 Å². The zero-order valence-electron chi connectivity index (χ0n) is 17.5. The highest BCUT2D eigenvalue weighted by Gasteiger charge is 2.56. The van der Waals surface area contributed by atoms with Crippen LogP contribution < -0.4 is 0 Å². The van der Waals surface area contributed by atoms with Gasteiger partial charge < -0.3 is 22.9 Å². The molecule has 9 heteroatoms. The molecule has 1 rings (SSSR count). The second-order valence-electron chi connectivity index (χ2n) is 5.99. The first kappa shape index (κ1) is 25.2. The smallest absolute Gasteiger partial charge is 0.351 e. The monoisotopic (exact) mass is 436 g/mol. The molecule has 7 nitrogen and oxygen atoms in total. The number of thioether (sulfide) groups is 1. The van der Waals surface area contributed by atoms with E-state index in [-0.39, 0.29) is 32.8 Å². The minimum atomic E-state index is -3.77. The standard InChI is InChI=1S/C19H33O7PS/c1-6-10-13-28-19(14-18(20)23-7-2,27(21,25-8-3)26-9-4)16-11-12-24-17(16)15-22-5/h11-12H,6-10,13-15H2,1-5H3. The van der Waals surface area contributed by atoms with Gasteiger partial charge in [-0.3, -0.25) is 9.36 Å². The number of carbonyl (C=O) groups excluding carboxylic acids is 1. The summed E-state index contributed by atoms with van der Waals surface area (Å²) >= 11 is 1.40. The van der Waals surface area contributed by atoms with E-state index in [1.807, 2.05) is 0 Å². The normalized spacial score (nSPS) is 14.0. The van der Waals surface area contributed by atoms with Gasteiger partial charge in [0.05, 0.1) is 32.5 Å². The van der Waals surface area contributed by atoms with Crippen LogP contribution in [0.2, 0.25) is 0 Å². The number of hydrogen-bond donors (Lipinski definition) is 0. The van der Waals surface area contributed by atoms with Crippen molar-refractivity contribution in [2.45, 2.75) is 58.1 Å². The number of rotatable bonds is 15. The van der Waals surface area contributed by atoms with Crippen molar-refractivity contribution in [3.63, 3.8) is 0 Å². The third kappa shape index (κ3) is 6.10. The van der Waals surface area contributed by atoms with E-state index in [1.165, 1.54) is 18.0 Å². The lowest BCUT2D eigenvalue weighted by molar-refractivity contribution is -0.143. The molecule has 1 aromatic heterocycles. The second-order valence-corrected chi connectivity index (χ2v) is 9.96. The van der Waals surface area contributed by atoms with Gasteiger partial charge in [0.15, 0.2) is 4.49 Å². The molecule has 0 aliphatic rings. The molecule has 1 atom stereocenters. The maximum Gasteiger partial charge on any atom is 0.351 e. The molecule has 162 valence electrons. The maximum absolute atomic E-state index is 14.1. The molecule has 1 heterocycles. The van der Waals surface area contributed by atoms with E-state index >= 15 is 0 Å². The fraction of sp³-hybridized carbons (Fsp3) is 0.737. The van der Waals surface area contributed by atoms with Crippen molar-refractivity contribution < 1.29 is 32.3 Å². The van der Waals surface area contributed by atoms with Gasteiger partial charge in [0.2, 0.25) is 0 Å². The number of unbranched alkanes of at least 4 members (excludes halogenated alkanes) is 1. The van der Waals surface area contributed by atoms with Crippen molar-refractivity contribution in [2.75, 3.05) is 32.7 Å². The molecule has 0 amide bonds. The topological polar surface area (TPSA) is 84.2 Å². The summed E-state index contributed by atoms with van der Waals surface area (Å²) in [7, 11) is -2.22. The first-order valence-electron chi connectivity index (χ1n) is 9.69. The number of furan rings is 1. The van der Waals surface area contributed by atoms with Crippen LogP contribution in [0.15, 0.2) is 16.7 Å². The van der Waals surface area contributed by atoms with E-state index in [4.69, 9.17) is 22.9 Å². The minimum absolute atomic E-state index is 0.150. The van der Waals surface area contributed by atoms with Crippen LogP contribution in [0.4, 0.5) is 0 Å². The van der Waals surface area contributed by atoms with Crippen LogP contribution in [0, 0.1) is 0 Å². The summed E-state index contributed by atoms with van der Waals surface area (Å²) in [4.78, 5) is 12.6. The van der Waals surface area contributed by atoms with Crippen molar-refractivity contribution in [1.29, 1.82) is 0 Å². The molecule has 28 heavy (non-hydrogen) atoms. The lowest BCUT2D eigenvalue weighted by atomic mass is 10.1. The molecule has 0 aliphatic carbocycles. The SMILES string of the molecule is CCCCSC(CC(=O)OCC)(c1ccoc1COC)P(=O)(OCC)OCC. The zero-order chi connectivity index (χ0) is 21.0. The lowest BCUT2D eigenvalue weighted by Gasteiger charge is -2.38. The molecule has 0 N–H and O–H groups in total. The van der Waals surface area contributed by atoms with Crippen molar-refractivity contribution in [3.05, 3.63) is 23.7 Å². The second kappa shape index (κ2) is 12.7. The molecule has 0 aliphatic heterocycles. The molecule has 1 unspecified atom stereocenters. The van der Waals surface area contributed by atoms with Crippen LogP contribution in [-0.2, 0) is 39.0 Å². The molecule has 0 aromatic carbocycles. The Labute approximate surface area is 172 Å². The summed E-state index contributed by atoms with van der Waals surface area (Å²) in [5, 5.41) is 0. The summed E-state index contributed by atoms with van der Waals surface area (Å²) < 4.78 is 40.3. The van der Waals surface area contributed by atoms with E-state index in [2.05, 4.69) is 6.92 Å². The van der Waals surface area contributed by atoms with Crippen molar-refractivity contribution >= 4 is 25.3 Å². The Balaban J connectivity index is 3.61. The van der Waals surface area contributed by atoms with Crippen LogP contribution >= 0.6 is 19.4 Å². The van der Waals surface area contributed by atoms with E-state index in [9.17, 15) is 9.36 Å². The minimum Gasteiger partial charge on any atom is -0.467 e. The Morgan fingerprint density at radius 1 is 1.18 bits per heavy atom. The Bertz CT molecular complexity index is 624. The molecule has 0 saturated heterocycles. The summed E-state index contributed by atoms with van der Waals surface area (Å²) in [6.07, 6.45) is 3.21. The van der Waals surface area contributed by atoms with Gasteiger partial charge in [0.1, 0.15) is 12.4 Å². The highest BCUT2D eigenvalue weighted by molar-refractivity contribution is 8.06. The summed E-state index contributed by atoms with van der Waals surface area (Å²) in [5.41, 5.74) is 0.591. The van der Waals surface area contributed by atoms with E-state index in [0.29, 0.717) is 17.1 Å². The van der Waals surface area contributed by atoms with Gasteiger partial charge in [0, 0.05) is 12.7 Å². The van der Waals surface area contributed by atoms with Crippen LogP contribution in [0.5, 0.6) is 0 Å². The van der Waals surface area contributed by atoms with Gasteiger partial charge in [0.25, 0.3) is 0 Å². The number of methoxy groups -OCH3 is 1.